The second-order valence-corrected chi connectivity index (χ2v) is 5.32. The van der Waals surface area contributed by atoms with Gasteiger partial charge in [-0.3, -0.25) is 9.88 Å². The summed E-state index contributed by atoms with van der Waals surface area (Å²) < 4.78 is 0. The maximum Gasteiger partial charge on any atom is 0.0991 e. The second-order valence-electron chi connectivity index (χ2n) is 5.32. The van der Waals surface area contributed by atoms with Crippen LogP contribution in [-0.2, 0) is 6.54 Å². The van der Waals surface area contributed by atoms with Crippen LogP contribution >= 0.6 is 0 Å². The molecular weight excluding hydrogens is 260 g/mol. The molecular formula is C17H20N4. The van der Waals surface area contributed by atoms with Crippen LogP contribution in [-0.4, -0.2) is 23.0 Å². The van der Waals surface area contributed by atoms with Crippen LogP contribution in [0.25, 0.3) is 0 Å². The first-order valence-electron chi connectivity index (χ1n) is 6.96. The molecule has 0 aliphatic carbocycles. The molecule has 108 valence electrons. The zero-order valence-electron chi connectivity index (χ0n) is 12.4. The molecule has 2 unspecified atom stereocenters. The van der Waals surface area contributed by atoms with E-state index in [4.69, 9.17) is 11.0 Å². The molecule has 0 bridgehead atoms. The van der Waals surface area contributed by atoms with E-state index in [0.29, 0.717) is 5.56 Å². The minimum absolute atomic E-state index is 0.0154. The third-order valence-electron chi connectivity index (χ3n) is 3.49. The molecule has 21 heavy (non-hydrogen) atoms. The van der Waals surface area contributed by atoms with Gasteiger partial charge in [-0.15, -0.1) is 0 Å². The van der Waals surface area contributed by atoms with Crippen LogP contribution in [0.15, 0.2) is 48.8 Å². The Morgan fingerprint density at radius 2 is 2.14 bits per heavy atom. The van der Waals surface area contributed by atoms with Crippen molar-refractivity contribution in [1.29, 1.82) is 5.26 Å². The van der Waals surface area contributed by atoms with Gasteiger partial charge in [-0.25, -0.2) is 0 Å². The van der Waals surface area contributed by atoms with Gasteiger partial charge in [-0.2, -0.15) is 5.26 Å². The topological polar surface area (TPSA) is 65.9 Å². The molecule has 0 aliphatic rings. The fourth-order valence-corrected chi connectivity index (χ4v) is 2.64. The Labute approximate surface area is 125 Å². The summed E-state index contributed by atoms with van der Waals surface area (Å²) in [7, 11) is 2.04. The number of nitriles is 1. The Hall–Kier alpha value is -2.22. The molecule has 1 heterocycles. The van der Waals surface area contributed by atoms with Gasteiger partial charge >= 0.3 is 0 Å². The number of nitrogens with zero attached hydrogens (tertiary/aromatic N) is 3. The highest BCUT2D eigenvalue weighted by Gasteiger charge is 2.21. The summed E-state index contributed by atoms with van der Waals surface area (Å²) in [6.45, 7) is 2.73. The molecule has 1 aromatic carbocycles. The summed E-state index contributed by atoms with van der Waals surface area (Å²) >= 11 is 0. The zero-order valence-corrected chi connectivity index (χ0v) is 12.4. The fraction of sp³-hybridized carbons (Fsp3) is 0.294. The minimum Gasteiger partial charge on any atom is -0.326 e. The van der Waals surface area contributed by atoms with Gasteiger partial charge in [0.25, 0.3) is 0 Å². The van der Waals surface area contributed by atoms with E-state index >= 15 is 0 Å². The zero-order chi connectivity index (χ0) is 15.2. The number of benzene rings is 1. The molecule has 0 aliphatic heterocycles. The first kappa shape index (κ1) is 15.2. The summed E-state index contributed by atoms with van der Waals surface area (Å²) in [6, 6.07) is 13.9. The highest BCUT2D eigenvalue weighted by molar-refractivity contribution is 5.32. The van der Waals surface area contributed by atoms with Gasteiger partial charge in [0.05, 0.1) is 17.7 Å². The maximum atomic E-state index is 8.98. The third-order valence-corrected chi connectivity index (χ3v) is 3.49. The molecule has 4 nitrogen and oxygen atoms in total. The van der Waals surface area contributed by atoms with Crippen LogP contribution in [0.4, 0.5) is 0 Å². The highest BCUT2D eigenvalue weighted by Crippen LogP contribution is 2.23. The molecule has 2 atom stereocenters. The van der Waals surface area contributed by atoms with Gasteiger partial charge in [0, 0.05) is 25.0 Å². The molecule has 2 N–H and O–H groups in total. The molecule has 0 saturated carbocycles. The number of pyridine rings is 1. The van der Waals surface area contributed by atoms with Crippen LogP contribution in [0.5, 0.6) is 0 Å². The van der Waals surface area contributed by atoms with E-state index in [9.17, 15) is 0 Å². The van der Waals surface area contributed by atoms with Gasteiger partial charge in [-0.05, 0) is 43.3 Å². The fourth-order valence-electron chi connectivity index (χ4n) is 2.64. The van der Waals surface area contributed by atoms with Crippen molar-refractivity contribution < 1.29 is 0 Å². The molecule has 1 aromatic heterocycles. The largest absolute Gasteiger partial charge is 0.326 e. The van der Waals surface area contributed by atoms with E-state index in [0.717, 1.165) is 17.7 Å². The monoisotopic (exact) mass is 280 g/mol. The summed E-state index contributed by atoms with van der Waals surface area (Å²) in [5.74, 6) is 0. The van der Waals surface area contributed by atoms with Crippen LogP contribution in [0.1, 0.15) is 29.7 Å². The van der Waals surface area contributed by atoms with Crippen molar-refractivity contribution >= 4 is 0 Å². The van der Waals surface area contributed by atoms with Crippen molar-refractivity contribution in [3.63, 3.8) is 0 Å². The van der Waals surface area contributed by atoms with E-state index < -0.39 is 0 Å². The quantitative estimate of drug-likeness (QED) is 0.913. The molecule has 2 rings (SSSR count). The maximum absolute atomic E-state index is 8.98. The van der Waals surface area contributed by atoms with Crippen molar-refractivity contribution in [2.75, 3.05) is 7.05 Å². The number of rotatable bonds is 5. The predicted octanol–water partition coefficient (Wildman–Crippen LogP) is 2.47. The van der Waals surface area contributed by atoms with Crippen molar-refractivity contribution in [1.82, 2.24) is 9.88 Å². The van der Waals surface area contributed by atoms with Crippen molar-refractivity contribution in [2.45, 2.75) is 25.6 Å². The second kappa shape index (κ2) is 6.98. The average molecular weight is 280 g/mol. The molecule has 0 fully saturated rings. The van der Waals surface area contributed by atoms with Crippen molar-refractivity contribution in [2.24, 2.45) is 5.73 Å². The van der Waals surface area contributed by atoms with E-state index in [1.165, 1.54) is 0 Å². The first-order chi connectivity index (χ1) is 10.1. The lowest BCUT2D eigenvalue weighted by Crippen LogP contribution is -2.37. The lowest BCUT2D eigenvalue weighted by atomic mass is 10.0. The lowest BCUT2D eigenvalue weighted by molar-refractivity contribution is 0.210. The molecule has 0 radical (unpaired) electrons. The smallest absolute Gasteiger partial charge is 0.0991 e. The summed E-state index contributed by atoms with van der Waals surface area (Å²) in [5, 5.41) is 8.98. The number of hydrogen-bond acceptors (Lipinski definition) is 4. The Bertz CT molecular complexity index is 616. The Morgan fingerprint density at radius 3 is 2.76 bits per heavy atom. The summed E-state index contributed by atoms with van der Waals surface area (Å²) in [4.78, 5) is 6.37. The van der Waals surface area contributed by atoms with E-state index in [-0.39, 0.29) is 12.1 Å². The molecule has 0 amide bonds. The number of nitrogens with two attached hydrogens (primary N) is 1. The van der Waals surface area contributed by atoms with E-state index in [1.807, 2.05) is 56.6 Å². The molecule has 0 saturated heterocycles. The predicted molar refractivity (Wildman–Crippen MR) is 83.3 cm³/mol. The van der Waals surface area contributed by atoms with E-state index in [2.05, 4.69) is 16.0 Å². The Kier molecular flexibility index (Phi) is 5.04. The molecule has 4 heteroatoms. The van der Waals surface area contributed by atoms with Gasteiger partial charge < -0.3 is 5.73 Å². The van der Waals surface area contributed by atoms with E-state index in [1.54, 1.807) is 6.20 Å². The third kappa shape index (κ3) is 3.88. The summed E-state index contributed by atoms with van der Waals surface area (Å²) in [5.41, 5.74) is 9.04. The lowest BCUT2D eigenvalue weighted by Gasteiger charge is -2.31. The number of likely N-dealkylation sites (N-methyl/N-ethyl adjacent to an activating group) is 1. The van der Waals surface area contributed by atoms with Gasteiger partial charge in [-0.1, -0.05) is 18.2 Å². The van der Waals surface area contributed by atoms with Crippen LogP contribution < -0.4 is 5.73 Å². The van der Waals surface area contributed by atoms with Gasteiger partial charge in [0.1, 0.15) is 0 Å². The Morgan fingerprint density at radius 1 is 1.33 bits per heavy atom. The number of hydrogen-bond donors (Lipinski definition) is 1. The SMILES string of the molecule is CC(N)C(c1cccnc1)N(C)Cc1cccc(C#N)c1. The van der Waals surface area contributed by atoms with Gasteiger partial charge in [0.2, 0.25) is 0 Å². The average Bonchev–Trinajstić information content (AvgIpc) is 2.48. The van der Waals surface area contributed by atoms with Crippen LogP contribution in [0.3, 0.4) is 0 Å². The normalized spacial score (nSPS) is 13.7. The van der Waals surface area contributed by atoms with Gasteiger partial charge in [0.15, 0.2) is 0 Å². The minimum atomic E-state index is -0.0154. The molecule has 0 spiro atoms. The highest BCUT2D eigenvalue weighted by atomic mass is 15.1. The Balaban J connectivity index is 2.20. The summed E-state index contributed by atoms with van der Waals surface area (Å²) in [6.07, 6.45) is 3.62. The number of aromatic nitrogens is 1. The van der Waals surface area contributed by atoms with Crippen molar-refractivity contribution in [3.05, 3.63) is 65.5 Å². The molecule has 2 aromatic rings. The van der Waals surface area contributed by atoms with Crippen molar-refractivity contribution in [3.8, 4) is 6.07 Å². The standard InChI is InChI=1S/C17H20N4/c1-13(19)17(16-7-4-8-20-11-16)21(2)12-15-6-3-5-14(9-15)10-18/h3-9,11,13,17H,12,19H2,1-2H3. The first-order valence-corrected chi connectivity index (χ1v) is 6.96. The van der Waals surface area contributed by atoms with Crippen LogP contribution in [0, 0.1) is 11.3 Å². The van der Waals surface area contributed by atoms with Crippen LogP contribution in [0.2, 0.25) is 0 Å².